The van der Waals surface area contributed by atoms with Crippen molar-refractivity contribution in [2.75, 3.05) is 18.5 Å². The summed E-state index contributed by atoms with van der Waals surface area (Å²) in [4.78, 5) is 26.2. The van der Waals surface area contributed by atoms with Gasteiger partial charge in [-0.15, -0.1) is 0 Å². The third kappa shape index (κ3) is 4.55. The molecule has 1 unspecified atom stereocenters. The molecular formula is C18H26N2O3. The highest BCUT2D eigenvalue weighted by molar-refractivity contribution is 6.05. The zero-order chi connectivity index (χ0) is 17.0. The first kappa shape index (κ1) is 17.5. The minimum absolute atomic E-state index is 0.0699. The summed E-state index contributed by atoms with van der Waals surface area (Å²) >= 11 is 0. The molecule has 1 aliphatic carbocycles. The Balaban J connectivity index is 2.01. The summed E-state index contributed by atoms with van der Waals surface area (Å²) in [5.74, 6) is 0.131. The van der Waals surface area contributed by atoms with E-state index in [9.17, 15) is 14.7 Å². The van der Waals surface area contributed by atoms with Crippen LogP contribution in [0.5, 0.6) is 0 Å². The lowest BCUT2D eigenvalue weighted by molar-refractivity contribution is -0.119. The van der Waals surface area contributed by atoms with E-state index in [4.69, 9.17) is 0 Å². The highest BCUT2D eigenvalue weighted by Crippen LogP contribution is 2.33. The fourth-order valence-electron chi connectivity index (χ4n) is 2.44. The van der Waals surface area contributed by atoms with Crippen LogP contribution in [0.3, 0.4) is 0 Å². The molecule has 0 heterocycles. The van der Waals surface area contributed by atoms with Crippen LogP contribution in [0.25, 0.3) is 0 Å². The average molecular weight is 318 g/mol. The number of aliphatic hydroxyl groups is 1. The van der Waals surface area contributed by atoms with Gasteiger partial charge < -0.3 is 15.3 Å². The van der Waals surface area contributed by atoms with Gasteiger partial charge in [-0.05, 0) is 37.3 Å². The van der Waals surface area contributed by atoms with Crippen LogP contribution in [-0.2, 0) is 4.79 Å². The van der Waals surface area contributed by atoms with E-state index in [0.717, 1.165) is 12.8 Å². The van der Waals surface area contributed by atoms with Gasteiger partial charge in [-0.1, -0.05) is 26.0 Å². The third-order valence-corrected chi connectivity index (χ3v) is 4.26. The highest BCUT2D eigenvalue weighted by atomic mass is 16.3. The molecule has 2 amide bonds. The summed E-state index contributed by atoms with van der Waals surface area (Å²) in [5.41, 5.74) is 1.12. The molecule has 1 aromatic rings. The van der Waals surface area contributed by atoms with Gasteiger partial charge in [-0.25, -0.2) is 0 Å². The van der Waals surface area contributed by atoms with E-state index in [1.807, 2.05) is 19.9 Å². The van der Waals surface area contributed by atoms with Crippen LogP contribution >= 0.6 is 0 Å². The number of carbonyl (C=O) groups excluding carboxylic acids is 2. The van der Waals surface area contributed by atoms with Crippen molar-refractivity contribution in [1.82, 2.24) is 5.32 Å². The molecule has 5 heteroatoms. The summed E-state index contributed by atoms with van der Waals surface area (Å²) < 4.78 is 0. The molecule has 0 spiro atoms. The maximum absolute atomic E-state index is 12.4. The normalized spacial score (nSPS) is 15.3. The predicted octanol–water partition coefficient (Wildman–Crippen LogP) is 2.20. The second-order valence-corrected chi connectivity index (χ2v) is 6.54. The van der Waals surface area contributed by atoms with Gasteiger partial charge >= 0.3 is 0 Å². The molecule has 2 rings (SSSR count). The van der Waals surface area contributed by atoms with E-state index in [1.165, 1.54) is 0 Å². The summed E-state index contributed by atoms with van der Waals surface area (Å²) in [6.07, 6.45) is 1.96. The number of rotatable bonds is 7. The zero-order valence-corrected chi connectivity index (χ0v) is 14.1. The molecule has 1 saturated carbocycles. The fraction of sp³-hybridized carbons (Fsp3) is 0.556. The SMILES string of the molecule is CC(C)C(O)CCNC(=O)c1ccccc1N(C)C(=O)C1CC1. The molecule has 1 atom stereocenters. The number of aliphatic hydroxyl groups excluding tert-OH is 1. The van der Waals surface area contributed by atoms with Gasteiger partial charge in [-0.2, -0.15) is 0 Å². The van der Waals surface area contributed by atoms with Crippen molar-refractivity contribution in [1.29, 1.82) is 0 Å². The number of anilines is 1. The van der Waals surface area contributed by atoms with Gasteiger partial charge in [0.05, 0.1) is 17.4 Å². The first-order valence-corrected chi connectivity index (χ1v) is 8.24. The monoisotopic (exact) mass is 318 g/mol. The van der Waals surface area contributed by atoms with Crippen molar-refractivity contribution >= 4 is 17.5 Å². The van der Waals surface area contributed by atoms with Gasteiger partial charge in [0.1, 0.15) is 0 Å². The van der Waals surface area contributed by atoms with Crippen molar-refractivity contribution in [2.24, 2.45) is 11.8 Å². The first-order chi connectivity index (χ1) is 10.9. The maximum atomic E-state index is 12.4. The van der Waals surface area contributed by atoms with Crippen LogP contribution in [-0.4, -0.2) is 36.6 Å². The van der Waals surface area contributed by atoms with E-state index in [2.05, 4.69) is 5.32 Å². The number of para-hydroxylation sites is 1. The molecular weight excluding hydrogens is 292 g/mol. The molecule has 0 saturated heterocycles. The molecule has 1 aromatic carbocycles. The van der Waals surface area contributed by atoms with E-state index in [-0.39, 0.29) is 23.7 Å². The highest BCUT2D eigenvalue weighted by Gasteiger charge is 2.33. The van der Waals surface area contributed by atoms with Crippen LogP contribution in [0.15, 0.2) is 24.3 Å². The Morgan fingerprint density at radius 2 is 1.96 bits per heavy atom. The smallest absolute Gasteiger partial charge is 0.253 e. The quantitative estimate of drug-likeness (QED) is 0.810. The van der Waals surface area contributed by atoms with Crippen molar-refractivity contribution < 1.29 is 14.7 Å². The Kier molecular flexibility index (Phi) is 5.77. The number of amides is 2. The third-order valence-electron chi connectivity index (χ3n) is 4.26. The number of nitrogens with zero attached hydrogens (tertiary/aromatic N) is 1. The molecule has 126 valence electrons. The number of nitrogens with one attached hydrogen (secondary N) is 1. The molecule has 2 N–H and O–H groups in total. The minimum Gasteiger partial charge on any atom is -0.393 e. The van der Waals surface area contributed by atoms with E-state index in [0.29, 0.717) is 24.2 Å². The summed E-state index contributed by atoms with van der Waals surface area (Å²) in [5, 5.41) is 12.6. The number of hydrogen-bond acceptors (Lipinski definition) is 3. The van der Waals surface area contributed by atoms with E-state index >= 15 is 0 Å². The van der Waals surface area contributed by atoms with Crippen molar-refractivity contribution in [3.63, 3.8) is 0 Å². The van der Waals surface area contributed by atoms with Crippen LogP contribution in [0.2, 0.25) is 0 Å². The molecule has 0 aliphatic heterocycles. The topological polar surface area (TPSA) is 69.6 Å². The lowest BCUT2D eigenvalue weighted by Crippen LogP contribution is -2.33. The van der Waals surface area contributed by atoms with Crippen LogP contribution in [0.4, 0.5) is 5.69 Å². The minimum atomic E-state index is -0.426. The van der Waals surface area contributed by atoms with Crippen molar-refractivity contribution in [3.05, 3.63) is 29.8 Å². The molecule has 0 radical (unpaired) electrons. The van der Waals surface area contributed by atoms with Gasteiger partial charge in [0.15, 0.2) is 0 Å². The Bertz CT molecular complexity index is 567. The Morgan fingerprint density at radius 3 is 2.57 bits per heavy atom. The summed E-state index contributed by atoms with van der Waals surface area (Å²) in [7, 11) is 1.72. The van der Waals surface area contributed by atoms with Crippen molar-refractivity contribution in [2.45, 2.75) is 39.2 Å². The Labute approximate surface area is 137 Å². The molecule has 1 fully saturated rings. The summed E-state index contributed by atoms with van der Waals surface area (Å²) in [6.45, 7) is 4.30. The lowest BCUT2D eigenvalue weighted by Gasteiger charge is -2.20. The maximum Gasteiger partial charge on any atom is 0.253 e. The molecule has 23 heavy (non-hydrogen) atoms. The Hall–Kier alpha value is -1.88. The molecule has 0 bridgehead atoms. The van der Waals surface area contributed by atoms with Gasteiger partial charge in [0, 0.05) is 19.5 Å². The second-order valence-electron chi connectivity index (χ2n) is 6.54. The average Bonchev–Trinajstić information content (AvgIpc) is 3.38. The van der Waals surface area contributed by atoms with Crippen LogP contribution < -0.4 is 10.2 Å². The first-order valence-electron chi connectivity index (χ1n) is 8.24. The van der Waals surface area contributed by atoms with Gasteiger partial charge in [0.2, 0.25) is 5.91 Å². The number of benzene rings is 1. The fourth-order valence-corrected chi connectivity index (χ4v) is 2.44. The van der Waals surface area contributed by atoms with Crippen molar-refractivity contribution in [3.8, 4) is 0 Å². The summed E-state index contributed by atoms with van der Waals surface area (Å²) in [6, 6.07) is 7.13. The molecule has 0 aromatic heterocycles. The molecule has 1 aliphatic rings. The molecule has 5 nitrogen and oxygen atoms in total. The van der Waals surface area contributed by atoms with Crippen LogP contribution in [0, 0.1) is 11.8 Å². The van der Waals surface area contributed by atoms with Gasteiger partial charge in [0.25, 0.3) is 5.91 Å². The zero-order valence-electron chi connectivity index (χ0n) is 14.1. The van der Waals surface area contributed by atoms with Gasteiger partial charge in [-0.3, -0.25) is 9.59 Å². The van der Waals surface area contributed by atoms with E-state index in [1.54, 1.807) is 30.1 Å². The lowest BCUT2D eigenvalue weighted by atomic mass is 10.0. The number of carbonyl (C=O) groups is 2. The Morgan fingerprint density at radius 1 is 1.30 bits per heavy atom. The standard InChI is InChI=1S/C18H26N2O3/c1-12(2)16(21)10-11-19-17(22)14-6-4-5-7-15(14)20(3)18(23)13-8-9-13/h4-7,12-13,16,21H,8-11H2,1-3H3,(H,19,22). The second kappa shape index (κ2) is 7.59. The number of hydrogen-bond donors (Lipinski definition) is 2. The predicted molar refractivity (Wildman–Crippen MR) is 90.4 cm³/mol. The largest absolute Gasteiger partial charge is 0.393 e. The van der Waals surface area contributed by atoms with Crippen LogP contribution in [0.1, 0.15) is 43.5 Å². The van der Waals surface area contributed by atoms with E-state index < -0.39 is 6.10 Å².